The molecule has 1 aliphatic heterocycles. The molecule has 2 heterocycles. The van der Waals surface area contributed by atoms with Crippen molar-refractivity contribution in [2.75, 3.05) is 13.2 Å². The number of hydrogen-bond acceptors (Lipinski definition) is 5. The normalized spacial score (nSPS) is 16.7. The van der Waals surface area contributed by atoms with E-state index in [0.29, 0.717) is 30.2 Å². The first-order chi connectivity index (χ1) is 13.1. The summed E-state index contributed by atoms with van der Waals surface area (Å²) in [7, 11) is 0. The van der Waals surface area contributed by atoms with Crippen LogP contribution in [-0.4, -0.2) is 36.2 Å². The van der Waals surface area contributed by atoms with Crippen LogP contribution in [-0.2, 0) is 9.53 Å². The number of rotatable bonds is 6. The molecule has 2 N–H and O–H groups in total. The molecule has 1 aromatic heterocycles. The number of benzene rings is 1. The molecule has 0 spiro atoms. The average Bonchev–Trinajstić information content (AvgIpc) is 3.36. The Kier molecular flexibility index (Phi) is 5.69. The van der Waals surface area contributed by atoms with E-state index >= 15 is 0 Å². The number of carboxylic acids is 1. The van der Waals surface area contributed by atoms with Gasteiger partial charge in [-0.05, 0) is 37.1 Å². The number of amides is 1. The van der Waals surface area contributed by atoms with Crippen LogP contribution in [0.1, 0.15) is 29.0 Å². The smallest absolute Gasteiger partial charge is 0.335 e. The zero-order valence-electron chi connectivity index (χ0n) is 14.5. The van der Waals surface area contributed by atoms with Gasteiger partial charge in [-0.25, -0.2) is 4.79 Å². The number of carbonyl (C=O) groups excluding carboxylic acids is 1. The summed E-state index contributed by atoms with van der Waals surface area (Å²) in [5, 5.41) is 20.9. The number of furan rings is 1. The van der Waals surface area contributed by atoms with Gasteiger partial charge in [-0.3, -0.25) is 4.79 Å². The third-order valence-electron chi connectivity index (χ3n) is 4.21. The molecule has 2 aromatic rings. The first-order valence-electron chi connectivity index (χ1n) is 8.52. The topological polar surface area (TPSA) is 113 Å². The largest absolute Gasteiger partial charge is 0.478 e. The Morgan fingerprint density at radius 2 is 2.04 bits per heavy atom. The average molecular weight is 366 g/mol. The van der Waals surface area contributed by atoms with E-state index in [9.17, 15) is 14.9 Å². The van der Waals surface area contributed by atoms with Crippen molar-refractivity contribution in [2.24, 2.45) is 0 Å². The molecule has 0 bridgehead atoms. The summed E-state index contributed by atoms with van der Waals surface area (Å²) in [5.41, 5.74) is 0.816. The highest BCUT2D eigenvalue weighted by Crippen LogP contribution is 2.24. The van der Waals surface area contributed by atoms with Crippen molar-refractivity contribution < 1.29 is 23.8 Å². The summed E-state index contributed by atoms with van der Waals surface area (Å²) in [6, 6.07) is 11.4. The molecular weight excluding hydrogens is 348 g/mol. The third-order valence-corrected chi connectivity index (χ3v) is 4.21. The fourth-order valence-electron chi connectivity index (χ4n) is 2.76. The molecule has 7 nitrogen and oxygen atoms in total. The van der Waals surface area contributed by atoms with Crippen LogP contribution in [0.5, 0.6) is 0 Å². The summed E-state index contributed by atoms with van der Waals surface area (Å²) < 4.78 is 11.1. The number of aromatic carboxylic acids is 1. The van der Waals surface area contributed by atoms with Crippen molar-refractivity contribution in [1.82, 2.24) is 5.32 Å². The fourth-order valence-corrected chi connectivity index (χ4v) is 2.76. The molecule has 0 unspecified atom stereocenters. The van der Waals surface area contributed by atoms with Crippen molar-refractivity contribution >= 4 is 18.0 Å². The molecule has 3 rings (SSSR count). The van der Waals surface area contributed by atoms with Gasteiger partial charge in [-0.15, -0.1) is 0 Å². The van der Waals surface area contributed by atoms with E-state index in [0.717, 1.165) is 12.8 Å². The molecule has 1 amide bonds. The van der Waals surface area contributed by atoms with Gasteiger partial charge in [0.25, 0.3) is 5.91 Å². The van der Waals surface area contributed by atoms with Gasteiger partial charge in [-0.1, -0.05) is 12.1 Å². The molecule has 7 heteroatoms. The van der Waals surface area contributed by atoms with Gasteiger partial charge in [-0.2, -0.15) is 5.26 Å². The molecule has 27 heavy (non-hydrogen) atoms. The van der Waals surface area contributed by atoms with Gasteiger partial charge < -0.3 is 19.6 Å². The van der Waals surface area contributed by atoms with E-state index in [2.05, 4.69) is 5.32 Å². The van der Waals surface area contributed by atoms with E-state index in [1.54, 1.807) is 24.3 Å². The van der Waals surface area contributed by atoms with Gasteiger partial charge in [0.15, 0.2) is 0 Å². The van der Waals surface area contributed by atoms with Crippen LogP contribution in [0.4, 0.5) is 0 Å². The fraction of sp³-hybridized carbons (Fsp3) is 0.250. The lowest BCUT2D eigenvalue weighted by molar-refractivity contribution is -0.117. The molecule has 0 aliphatic carbocycles. The Bertz CT molecular complexity index is 899. The van der Waals surface area contributed by atoms with Gasteiger partial charge in [0.1, 0.15) is 23.2 Å². The van der Waals surface area contributed by atoms with Crippen LogP contribution in [0.25, 0.3) is 17.4 Å². The number of nitrogens with one attached hydrogen (secondary N) is 1. The van der Waals surface area contributed by atoms with E-state index in [1.165, 1.54) is 18.2 Å². The highest BCUT2D eigenvalue weighted by atomic mass is 16.5. The zero-order valence-corrected chi connectivity index (χ0v) is 14.5. The summed E-state index contributed by atoms with van der Waals surface area (Å²) >= 11 is 0. The van der Waals surface area contributed by atoms with E-state index in [1.807, 2.05) is 6.07 Å². The lowest BCUT2D eigenvalue weighted by Crippen LogP contribution is -2.32. The predicted molar refractivity (Wildman–Crippen MR) is 96.7 cm³/mol. The predicted octanol–water partition coefficient (Wildman–Crippen LogP) is 2.85. The lowest BCUT2D eigenvalue weighted by atomic mass is 10.1. The van der Waals surface area contributed by atoms with Gasteiger partial charge in [0, 0.05) is 24.8 Å². The summed E-state index contributed by atoms with van der Waals surface area (Å²) in [6.45, 7) is 1.07. The minimum Gasteiger partial charge on any atom is -0.478 e. The molecule has 1 aliphatic rings. The molecule has 0 radical (unpaired) electrons. The molecule has 0 saturated carbocycles. The van der Waals surface area contributed by atoms with Crippen LogP contribution in [0.2, 0.25) is 0 Å². The van der Waals surface area contributed by atoms with Gasteiger partial charge in [0.05, 0.1) is 11.7 Å². The van der Waals surface area contributed by atoms with E-state index in [-0.39, 0.29) is 17.2 Å². The Labute approximate surface area is 155 Å². The van der Waals surface area contributed by atoms with Crippen molar-refractivity contribution in [3.05, 3.63) is 53.3 Å². The second-order valence-electron chi connectivity index (χ2n) is 6.10. The monoisotopic (exact) mass is 366 g/mol. The summed E-state index contributed by atoms with van der Waals surface area (Å²) in [5.74, 6) is -0.611. The zero-order chi connectivity index (χ0) is 19.2. The lowest BCUT2D eigenvalue weighted by Gasteiger charge is -2.09. The molecule has 1 fully saturated rings. The summed E-state index contributed by atoms with van der Waals surface area (Å²) in [4.78, 5) is 23.1. The van der Waals surface area contributed by atoms with E-state index < -0.39 is 11.9 Å². The van der Waals surface area contributed by atoms with Crippen molar-refractivity contribution in [2.45, 2.75) is 18.9 Å². The summed E-state index contributed by atoms with van der Waals surface area (Å²) in [6.07, 6.45) is 3.25. The Morgan fingerprint density at radius 3 is 2.67 bits per heavy atom. The first kappa shape index (κ1) is 18.4. The van der Waals surface area contributed by atoms with Crippen LogP contribution in [0.15, 0.2) is 46.4 Å². The van der Waals surface area contributed by atoms with E-state index in [4.69, 9.17) is 14.3 Å². The van der Waals surface area contributed by atoms with Crippen molar-refractivity contribution in [3.63, 3.8) is 0 Å². The molecule has 1 aromatic carbocycles. The number of nitrogens with zero attached hydrogens (tertiary/aromatic N) is 1. The minimum atomic E-state index is -1.00. The van der Waals surface area contributed by atoms with Crippen LogP contribution in [0, 0.1) is 11.3 Å². The van der Waals surface area contributed by atoms with Crippen LogP contribution < -0.4 is 5.32 Å². The SMILES string of the molecule is N#C/C(=C\c1ccc(-c2ccc(C(=O)O)cc2)o1)C(=O)NC[C@H]1CCCO1. The maximum absolute atomic E-state index is 12.2. The van der Waals surface area contributed by atoms with Gasteiger partial charge >= 0.3 is 5.97 Å². The second kappa shape index (κ2) is 8.34. The number of ether oxygens (including phenoxy) is 1. The Hall–Kier alpha value is -3.37. The Morgan fingerprint density at radius 1 is 1.26 bits per heavy atom. The molecule has 1 atom stereocenters. The minimum absolute atomic E-state index is 0.00196. The first-order valence-corrected chi connectivity index (χ1v) is 8.52. The van der Waals surface area contributed by atoms with Crippen LogP contribution >= 0.6 is 0 Å². The quantitative estimate of drug-likeness (QED) is 0.600. The number of hydrogen-bond donors (Lipinski definition) is 2. The number of carbonyl (C=O) groups is 2. The maximum Gasteiger partial charge on any atom is 0.335 e. The maximum atomic E-state index is 12.2. The highest BCUT2D eigenvalue weighted by Gasteiger charge is 2.18. The van der Waals surface area contributed by atoms with Gasteiger partial charge in [0.2, 0.25) is 0 Å². The molecule has 1 saturated heterocycles. The highest BCUT2D eigenvalue weighted by molar-refractivity contribution is 6.01. The third kappa shape index (κ3) is 4.63. The number of nitriles is 1. The molecular formula is C20H18N2O5. The standard InChI is InChI=1S/C20H18N2O5/c21-11-15(19(23)22-12-17-2-1-9-26-17)10-16-7-8-18(27-16)13-3-5-14(6-4-13)20(24)25/h3-8,10,17H,1-2,9,12H2,(H,22,23)(H,24,25)/b15-10+/t17-/m1/s1. The number of carboxylic acid groups (broad SMARTS) is 1. The molecule has 138 valence electrons. The van der Waals surface area contributed by atoms with Crippen molar-refractivity contribution in [1.29, 1.82) is 5.26 Å². The Balaban J connectivity index is 1.69. The van der Waals surface area contributed by atoms with Crippen molar-refractivity contribution in [3.8, 4) is 17.4 Å². The van der Waals surface area contributed by atoms with Crippen LogP contribution in [0.3, 0.4) is 0 Å². The second-order valence-corrected chi connectivity index (χ2v) is 6.10.